The Morgan fingerprint density at radius 2 is 1.04 bits per heavy atom. The maximum absolute atomic E-state index is 9.53. The molecular formula is C21H16Cl2O2Sb. The summed E-state index contributed by atoms with van der Waals surface area (Å²) in [4.78, 5) is 9.53. The van der Waals surface area contributed by atoms with Crippen molar-refractivity contribution in [1.29, 1.82) is 0 Å². The molecule has 0 bridgehead atoms. The number of carboxylic acids is 1. The normalized spacial score (nSPS) is 10.8. The number of carboxylic acid groups (broad SMARTS) is 1. The van der Waals surface area contributed by atoms with Gasteiger partial charge in [-0.1, -0.05) is 23.2 Å². The first-order chi connectivity index (χ1) is 12.6. The monoisotopic (exact) mass is 491 g/mol. The fourth-order valence-corrected chi connectivity index (χ4v) is 8.89. The third-order valence-electron chi connectivity index (χ3n) is 3.33. The van der Waals surface area contributed by atoms with Crippen LogP contribution in [0.2, 0.25) is 0 Å². The van der Waals surface area contributed by atoms with Crippen LogP contribution >= 0.6 is 23.2 Å². The summed E-state index contributed by atoms with van der Waals surface area (Å²) in [5.74, 6) is -1.46. The van der Waals surface area contributed by atoms with Crippen molar-refractivity contribution in [1.82, 2.24) is 0 Å². The molecule has 0 aliphatic heterocycles. The second kappa shape index (κ2) is 11.1. The van der Waals surface area contributed by atoms with Crippen LogP contribution in [0.3, 0.4) is 0 Å². The first kappa shape index (κ1) is 20.6. The van der Waals surface area contributed by atoms with E-state index in [1.54, 1.807) is 0 Å². The molecule has 0 aliphatic carbocycles. The summed E-state index contributed by atoms with van der Waals surface area (Å²) in [6.45, 7) is 0. The summed E-state index contributed by atoms with van der Waals surface area (Å²) in [6.07, 6.45) is 0. The SMILES string of the molecule is O=C([O-])C(Cl)=CCl.c1cc[c]([Sb+]([c]2ccccc2)[c]2ccccc2)cc1. The Morgan fingerprint density at radius 1 is 0.731 bits per heavy atom. The van der Waals surface area contributed by atoms with Crippen molar-refractivity contribution >= 4 is 59.9 Å². The van der Waals surface area contributed by atoms with Gasteiger partial charge in [0.05, 0.1) is 11.0 Å². The molecule has 3 aromatic rings. The van der Waals surface area contributed by atoms with Crippen molar-refractivity contribution in [2.24, 2.45) is 0 Å². The number of carbonyl (C=O) groups excluding carboxylic acids is 1. The van der Waals surface area contributed by atoms with Gasteiger partial charge in [0.15, 0.2) is 0 Å². The molecule has 0 unspecified atom stereocenters. The predicted octanol–water partition coefficient (Wildman–Crippen LogP) is 2.26. The van der Waals surface area contributed by atoms with Gasteiger partial charge in [-0.15, -0.1) is 0 Å². The zero-order valence-corrected chi connectivity index (χ0v) is 17.8. The Balaban J connectivity index is 0.000000298. The van der Waals surface area contributed by atoms with Crippen LogP contribution in [0.15, 0.2) is 102 Å². The van der Waals surface area contributed by atoms with Crippen molar-refractivity contribution < 1.29 is 9.90 Å². The van der Waals surface area contributed by atoms with Crippen LogP contribution in [0.25, 0.3) is 0 Å². The van der Waals surface area contributed by atoms with Gasteiger partial charge < -0.3 is 9.90 Å². The van der Waals surface area contributed by atoms with Crippen molar-refractivity contribution in [3.8, 4) is 0 Å². The maximum atomic E-state index is 9.53. The van der Waals surface area contributed by atoms with Crippen LogP contribution < -0.4 is 15.6 Å². The van der Waals surface area contributed by atoms with Crippen LogP contribution in [0.4, 0.5) is 0 Å². The van der Waals surface area contributed by atoms with E-state index >= 15 is 0 Å². The molecule has 3 rings (SSSR count). The fourth-order valence-electron chi connectivity index (χ4n) is 2.22. The average Bonchev–Trinajstić information content (AvgIpc) is 2.70. The van der Waals surface area contributed by atoms with Gasteiger partial charge in [-0.3, -0.25) is 0 Å². The quantitative estimate of drug-likeness (QED) is 0.414. The van der Waals surface area contributed by atoms with Crippen molar-refractivity contribution in [2.45, 2.75) is 0 Å². The molecule has 0 atom stereocenters. The molecule has 0 spiro atoms. The number of rotatable bonds is 4. The van der Waals surface area contributed by atoms with Crippen LogP contribution in [-0.2, 0) is 4.79 Å². The van der Waals surface area contributed by atoms with Gasteiger partial charge in [-0.2, -0.15) is 0 Å². The number of aliphatic carboxylic acids is 1. The van der Waals surface area contributed by atoms with Gasteiger partial charge >= 0.3 is 122 Å². The molecule has 0 aliphatic rings. The van der Waals surface area contributed by atoms with E-state index in [1.165, 1.54) is 10.5 Å². The molecule has 3 aromatic carbocycles. The van der Waals surface area contributed by atoms with E-state index in [1.807, 2.05) is 0 Å². The molecule has 0 fully saturated rings. The van der Waals surface area contributed by atoms with E-state index in [4.69, 9.17) is 23.2 Å². The van der Waals surface area contributed by atoms with Crippen molar-refractivity contribution in [3.63, 3.8) is 0 Å². The Bertz CT molecular complexity index is 744. The summed E-state index contributed by atoms with van der Waals surface area (Å²) >= 11 is 7.87. The molecule has 1 radical (unpaired) electrons. The summed E-state index contributed by atoms with van der Waals surface area (Å²) in [5.41, 5.74) is 0.733. The molecular weight excluding hydrogens is 477 g/mol. The zero-order valence-electron chi connectivity index (χ0n) is 13.8. The van der Waals surface area contributed by atoms with E-state index in [9.17, 15) is 9.90 Å². The van der Waals surface area contributed by atoms with Gasteiger partial charge in [0.1, 0.15) is 0 Å². The summed E-state index contributed by atoms with van der Waals surface area (Å²) in [5, 5.41) is 9.05. The van der Waals surface area contributed by atoms with Gasteiger partial charge in [-0.05, 0) is 0 Å². The standard InChI is InChI=1S/3C6H5.C3H2Cl2O2.Sb/c3*1-2-4-6-5-3-1;4-1-2(5)3(6)7;/h3*1-5H;1H,(H,6,7);/q;;;;+1/p-1. The number of halogens is 2. The summed E-state index contributed by atoms with van der Waals surface area (Å²) in [6, 6.07) is 32.9. The molecule has 26 heavy (non-hydrogen) atoms. The van der Waals surface area contributed by atoms with Crippen LogP contribution in [-0.4, -0.2) is 26.2 Å². The van der Waals surface area contributed by atoms with Gasteiger partial charge in [0, 0.05) is 5.54 Å². The molecule has 0 heterocycles. The Hall–Kier alpha value is -1.73. The molecule has 5 heteroatoms. The predicted molar refractivity (Wildman–Crippen MR) is 109 cm³/mol. The number of hydrogen-bond donors (Lipinski definition) is 0. The Labute approximate surface area is 170 Å². The van der Waals surface area contributed by atoms with Crippen LogP contribution in [0.1, 0.15) is 0 Å². The average molecular weight is 493 g/mol. The van der Waals surface area contributed by atoms with Crippen LogP contribution in [0, 0.1) is 0 Å². The number of carbonyl (C=O) groups is 1. The van der Waals surface area contributed by atoms with Gasteiger partial charge in [-0.25, -0.2) is 0 Å². The van der Waals surface area contributed by atoms with E-state index in [0.717, 1.165) is 5.54 Å². The summed E-state index contributed by atoms with van der Waals surface area (Å²) in [7, 11) is 0. The molecule has 0 N–H and O–H groups in total. The first-order valence-electron chi connectivity index (χ1n) is 7.76. The third kappa shape index (κ3) is 6.21. The molecule has 0 saturated heterocycles. The Kier molecular flexibility index (Phi) is 8.77. The van der Waals surface area contributed by atoms with Crippen molar-refractivity contribution in [3.05, 3.63) is 102 Å². The molecule has 2 nitrogen and oxygen atoms in total. The minimum absolute atomic E-state index is 0.485. The molecule has 131 valence electrons. The third-order valence-corrected chi connectivity index (χ3v) is 10.9. The van der Waals surface area contributed by atoms with E-state index < -0.39 is 31.2 Å². The van der Waals surface area contributed by atoms with Gasteiger partial charge in [0.25, 0.3) is 0 Å². The zero-order chi connectivity index (χ0) is 18.8. The number of benzene rings is 3. The molecule has 0 saturated carbocycles. The minimum atomic E-state index is -1.83. The van der Waals surface area contributed by atoms with Crippen molar-refractivity contribution in [2.75, 3.05) is 0 Å². The molecule has 0 aromatic heterocycles. The van der Waals surface area contributed by atoms with E-state index in [2.05, 4.69) is 91.0 Å². The topological polar surface area (TPSA) is 40.1 Å². The van der Waals surface area contributed by atoms with E-state index in [-0.39, 0.29) is 0 Å². The van der Waals surface area contributed by atoms with Gasteiger partial charge in [0.2, 0.25) is 0 Å². The van der Waals surface area contributed by atoms with E-state index in [0.29, 0.717) is 0 Å². The second-order valence-corrected chi connectivity index (χ2v) is 12.0. The number of hydrogen-bond acceptors (Lipinski definition) is 2. The molecule has 0 amide bonds. The fraction of sp³-hybridized carbons (Fsp3) is 0. The second-order valence-electron chi connectivity index (χ2n) is 5.09. The summed E-state index contributed by atoms with van der Waals surface area (Å²) < 4.78 is 4.55. The van der Waals surface area contributed by atoms with Crippen LogP contribution in [0.5, 0.6) is 0 Å². The Morgan fingerprint density at radius 3 is 1.23 bits per heavy atom. The first-order valence-corrected chi connectivity index (χ1v) is 12.4.